The number of pyridine rings is 1. The number of aromatic nitrogens is 1. The van der Waals surface area contributed by atoms with Gasteiger partial charge in [0.1, 0.15) is 11.4 Å². The minimum absolute atomic E-state index is 0.193. The summed E-state index contributed by atoms with van der Waals surface area (Å²) in [7, 11) is 1.59. The molecule has 1 atom stereocenters. The SMILES string of the molecule is CNc1cc(F)cc2cc(C(=O)Nc3ccc(C(O)C(N)=O)cc3)c(=O)[nH]c12. The lowest BCUT2D eigenvalue weighted by molar-refractivity contribution is -0.126. The molecule has 0 aliphatic rings. The number of anilines is 2. The van der Waals surface area contributed by atoms with Gasteiger partial charge >= 0.3 is 0 Å². The molecule has 9 heteroatoms. The Morgan fingerprint density at radius 1 is 1.18 bits per heavy atom. The molecule has 0 radical (unpaired) electrons. The van der Waals surface area contributed by atoms with E-state index >= 15 is 0 Å². The Morgan fingerprint density at radius 3 is 2.46 bits per heavy atom. The number of nitrogens with two attached hydrogens (primary N) is 1. The lowest BCUT2D eigenvalue weighted by atomic mass is 10.1. The fraction of sp³-hybridized carbons (Fsp3) is 0.105. The number of fused-ring (bicyclic) bond motifs is 1. The van der Waals surface area contributed by atoms with E-state index in [-0.39, 0.29) is 11.1 Å². The summed E-state index contributed by atoms with van der Waals surface area (Å²) in [4.78, 5) is 38.4. The zero-order chi connectivity index (χ0) is 20.4. The van der Waals surface area contributed by atoms with Gasteiger partial charge in [-0.15, -0.1) is 0 Å². The molecule has 0 saturated carbocycles. The number of benzene rings is 2. The summed E-state index contributed by atoms with van der Waals surface area (Å²) in [5.74, 6) is -2.10. The molecule has 2 aromatic carbocycles. The summed E-state index contributed by atoms with van der Waals surface area (Å²) >= 11 is 0. The highest BCUT2D eigenvalue weighted by molar-refractivity contribution is 6.06. The Labute approximate surface area is 158 Å². The van der Waals surface area contributed by atoms with Gasteiger partial charge in [0.05, 0.1) is 11.2 Å². The topological polar surface area (TPSA) is 137 Å². The fourth-order valence-electron chi connectivity index (χ4n) is 2.76. The number of aliphatic hydroxyl groups is 1. The molecule has 0 saturated heterocycles. The zero-order valence-corrected chi connectivity index (χ0v) is 14.7. The van der Waals surface area contributed by atoms with Gasteiger partial charge in [0.15, 0.2) is 6.10 Å². The number of carbonyl (C=O) groups excluding carboxylic acids is 2. The molecule has 3 aromatic rings. The van der Waals surface area contributed by atoms with Crippen molar-refractivity contribution in [3.05, 3.63) is 69.8 Å². The largest absolute Gasteiger partial charge is 0.386 e. The molecule has 0 aliphatic carbocycles. The Bertz CT molecular complexity index is 1130. The number of amides is 2. The standard InChI is InChI=1S/C19H17FN4O4/c1-22-14-8-11(20)6-10-7-13(19(28)24-15(10)14)18(27)23-12-4-2-9(3-5-12)16(25)17(21)26/h2-8,16,22,25H,1H3,(H2,21,26)(H,23,27)(H,24,28). The molecular formula is C19H17FN4O4. The number of hydrogen-bond donors (Lipinski definition) is 5. The monoisotopic (exact) mass is 384 g/mol. The van der Waals surface area contributed by atoms with Gasteiger partial charge in [-0.2, -0.15) is 0 Å². The molecule has 0 fully saturated rings. The third-order valence-electron chi connectivity index (χ3n) is 4.18. The molecule has 0 aliphatic heterocycles. The maximum atomic E-state index is 13.7. The van der Waals surface area contributed by atoms with E-state index in [1.54, 1.807) is 7.05 Å². The van der Waals surface area contributed by atoms with Crippen molar-refractivity contribution in [3.8, 4) is 0 Å². The summed E-state index contributed by atoms with van der Waals surface area (Å²) in [5, 5.41) is 15.3. The van der Waals surface area contributed by atoms with Gasteiger partial charge in [-0.25, -0.2) is 4.39 Å². The number of halogens is 1. The van der Waals surface area contributed by atoms with Gasteiger partial charge in [0.25, 0.3) is 17.4 Å². The van der Waals surface area contributed by atoms with E-state index in [1.165, 1.54) is 42.5 Å². The van der Waals surface area contributed by atoms with E-state index in [2.05, 4.69) is 15.6 Å². The zero-order valence-electron chi connectivity index (χ0n) is 14.7. The molecule has 144 valence electrons. The molecule has 8 nitrogen and oxygen atoms in total. The maximum Gasteiger partial charge on any atom is 0.261 e. The van der Waals surface area contributed by atoms with Crippen molar-refractivity contribution in [2.45, 2.75) is 6.10 Å². The summed E-state index contributed by atoms with van der Waals surface area (Å²) in [5.41, 5.74) is 5.58. The lowest BCUT2D eigenvalue weighted by Crippen LogP contribution is -2.23. The maximum absolute atomic E-state index is 13.7. The van der Waals surface area contributed by atoms with Crippen LogP contribution in [0.1, 0.15) is 22.0 Å². The quantitative estimate of drug-likeness (QED) is 0.454. The Kier molecular flexibility index (Phi) is 5.10. The van der Waals surface area contributed by atoms with Crippen LogP contribution >= 0.6 is 0 Å². The van der Waals surface area contributed by atoms with Gasteiger partial charge in [-0.1, -0.05) is 12.1 Å². The van der Waals surface area contributed by atoms with Crippen LogP contribution in [-0.2, 0) is 4.79 Å². The predicted octanol–water partition coefficient (Wildman–Crippen LogP) is 1.48. The van der Waals surface area contributed by atoms with Crippen molar-refractivity contribution >= 4 is 34.1 Å². The number of nitrogens with one attached hydrogen (secondary N) is 3. The Hall–Kier alpha value is -3.72. The number of rotatable bonds is 5. The number of carbonyl (C=O) groups is 2. The van der Waals surface area contributed by atoms with Crippen LogP contribution in [0.3, 0.4) is 0 Å². The number of aromatic amines is 1. The van der Waals surface area contributed by atoms with E-state index in [9.17, 15) is 23.9 Å². The van der Waals surface area contributed by atoms with Crippen LogP contribution in [0, 0.1) is 5.82 Å². The molecule has 0 spiro atoms. The van der Waals surface area contributed by atoms with Gasteiger partial charge in [0.2, 0.25) is 0 Å². The molecule has 2 amide bonds. The molecule has 28 heavy (non-hydrogen) atoms. The summed E-state index contributed by atoms with van der Waals surface area (Å²) in [6.45, 7) is 0. The highest BCUT2D eigenvalue weighted by Crippen LogP contribution is 2.23. The van der Waals surface area contributed by atoms with Gasteiger partial charge in [-0.05, 0) is 35.9 Å². The third kappa shape index (κ3) is 3.69. The van der Waals surface area contributed by atoms with Crippen LogP contribution in [0.4, 0.5) is 15.8 Å². The number of hydrogen-bond acceptors (Lipinski definition) is 5. The first-order chi connectivity index (χ1) is 13.3. The molecular weight excluding hydrogens is 367 g/mol. The van der Waals surface area contributed by atoms with Crippen molar-refractivity contribution in [1.82, 2.24) is 4.98 Å². The Morgan fingerprint density at radius 2 is 1.86 bits per heavy atom. The van der Waals surface area contributed by atoms with Crippen LogP contribution in [0.25, 0.3) is 10.9 Å². The van der Waals surface area contributed by atoms with Gasteiger partial charge in [-0.3, -0.25) is 14.4 Å². The average Bonchev–Trinajstić information content (AvgIpc) is 2.67. The summed E-state index contributed by atoms with van der Waals surface area (Å²) < 4.78 is 13.7. The van der Waals surface area contributed by atoms with Crippen molar-refractivity contribution in [2.24, 2.45) is 5.73 Å². The predicted molar refractivity (Wildman–Crippen MR) is 103 cm³/mol. The van der Waals surface area contributed by atoms with Crippen molar-refractivity contribution < 1.29 is 19.1 Å². The summed E-state index contributed by atoms with van der Waals surface area (Å²) in [6.07, 6.45) is -1.45. The van der Waals surface area contributed by atoms with E-state index < -0.39 is 29.3 Å². The third-order valence-corrected chi connectivity index (χ3v) is 4.18. The van der Waals surface area contributed by atoms with Crippen LogP contribution in [0.15, 0.2) is 47.3 Å². The second-order valence-corrected chi connectivity index (χ2v) is 6.06. The second-order valence-electron chi connectivity index (χ2n) is 6.06. The van der Waals surface area contributed by atoms with Gasteiger partial charge < -0.3 is 26.5 Å². The van der Waals surface area contributed by atoms with E-state index in [1.807, 2.05) is 0 Å². The first kappa shape index (κ1) is 19.1. The first-order valence-electron chi connectivity index (χ1n) is 8.23. The second kappa shape index (κ2) is 7.49. The van der Waals surface area contributed by atoms with Crippen molar-refractivity contribution in [1.29, 1.82) is 0 Å². The normalized spacial score (nSPS) is 11.8. The fourth-order valence-corrected chi connectivity index (χ4v) is 2.76. The van der Waals surface area contributed by atoms with Crippen LogP contribution in [-0.4, -0.2) is 29.0 Å². The molecule has 3 rings (SSSR count). The smallest absolute Gasteiger partial charge is 0.261 e. The molecule has 1 unspecified atom stereocenters. The first-order valence-corrected chi connectivity index (χ1v) is 8.23. The molecule has 1 heterocycles. The lowest BCUT2D eigenvalue weighted by Gasteiger charge is -2.10. The van der Waals surface area contributed by atoms with Crippen LogP contribution in [0.5, 0.6) is 0 Å². The minimum atomic E-state index is -1.45. The Balaban J connectivity index is 1.90. The van der Waals surface area contributed by atoms with Crippen molar-refractivity contribution in [3.63, 3.8) is 0 Å². The summed E-state index contributed by atoms with van der Waals surface area (Å²) in [6, 6.07) is 9.50. The van der Waals surface area contributed by atoms with E-state index in [4.69, 9.17) is 5.73 Å². The van der Waals surface area contributed by atoms with Crippen molar-refractivity contribution in [2.75, 3.05) is 17.7 Å². The molecule has 0 bridgehead atoms. The van der Waals surface area contributed by atoms with Crippen LogP contribution < -0.4 is 21.9 Å². The average molecular weight is 384 g/mol. The number of primary amides is 1. The molecule has 1 aromatic heterocycles. The minimum Gasteiger partial charge on any atom is -0.386 e. The van der Waals surface area contributed by atoms with Gasteiger partial charge in [0, 0.05) is 18.1 Å². The highest BCUT2D eigenvalue weighted by atomic mass is 19.1. The van der Waals surface area contributed by atoms with E-state index in [0.717, 1.165) is 0 Å². The number of aliphatic hydroxyl groups excluding tert-OH is 1. The highest BCUT2D eigenvalue weighted by Gasteiger charge is 2.16. The van der Waals surface area contributed by atoms with E-state index in [0.29, 0.717) is 22.3 Å². The molecule has 6 N–H and O–H groups in total. The number of H-pyrrole nitrogens is 1. The van der Waals surface area contributed by atoms with Crippen LogP contribution in [0.2, 0.25) is 0 Å².